The molecule has 3 rings (SSSR count). The van der Waals surface area contributed by atoms with Crippen LogP contribution in [0.2, 0.25) is 5.28 Å². The van der Waals surface area contributed by atoms with E-state index in [0.717, 1.165) is 18.3 Å². The molecule has 0 amide bonds. The Morgan fingerprint density at radius 3 is 2.59 bits per heavy atom. The lowest BCUT2D eigenvalue weighted by Gasteiger charge is -2.44. The molecule has 0 saturated carbocycles. The van der Waals surface area contributed by atoms with Gasteiger partial charge in [0.25, 0.3) is 0 Å². The minimum absolute atomic E-state index is 0.0432. The van der Waals surface area contributed by atoms with Gasteiger partial charge in [0.15, 0.2) is 0 Å². The lowest BCUT2D eigenvalue weighted by Crippen LogP contribution is -2.58. The first-order valence-corrected chi connectivity index (χ1v) is 8.50. The standard InChI is InChI=1S/C17H18ClF3N6/c1-26(2)12-8-27(9-12)15-13(7-22)14(24-16(18)25-15)23-11-5-3-4-10(6-11)17(19,20)21/h3-7,12,22H,8-9H2,1-2H3,(H,23,24,25). The van der Waals surface area contributed by atoms with Crippen LogP contribution in [0.1, 0.15) is 11.1 Å². The van der Waals surface area contributed by atoms with Crippen LogP contribution in [0.5, 0.6) is 0 Å². The molecule has 1 fully saturated rings. The predicted molar refractivity (Wildman–Crippen MR) is 99.3 cm³/mol. The monoisotopic (exact) mass is 398 g/mol. The van der Waals surface area contributed by atoms with Gasteiger partial charge in [0.2, 0.25) is 5.28 Å². The number of rotatable bonds is 5. The van der Waals surface area contributed by atoms with Crippen LogP contribution < -0.4 is 10.2 Å². The minimum Gasteiger partial charge on any atom is -0.353 e. The molecule has 0 unspecified atom stereocenters. The quantitative estimate of drug-likeness (QED) is 0.594. The predicted octanol–water partition coefficient (Wildman–Crippen LogP) is 3.64. The fourth-order valence-corrected chi connectivity index (χ4v) is 2.93. The summed E-state index contributed by atoms with van der Waals surface area (Å²) in [6.07, 6.45) is -3.38. The zero-order valence-corrected chi connectivity index (χ0v) is 15.4. The zero-order valence-electron chi connectivity index (χ0n) is 14.7. The van der Waals surface area contributed by atoms with E-state index in [2.05, 4.69) is 20.2 Å². The highest BCUT2D eigenvalue weighted by molar-refractivity contribution is 6.28. The van der Waals surface area contributed by atoms with E-state index in [9.17, 15) is 13.2 Å². The van der Waals surface area contributed by atoms with Gasteiger partial charge in [-0.05, 0) is 43.9 Å². The van der Waals surface area contributed by atoms with Gasteiger partial charge in [-0.25, -0.2) is 0 Å². The molecule has 1 aliphatic rings. The summed E-state index contributed by atoms with van der Waals surface area (Å²) in [5.74, 6) is 0.671. The van der Waals surface area contributed by atoms with Gasteiger partial charge in [0, 0.05) is 31.0 Å². The van der Waals surface area contributed by atoms with Crippen molar-refractivity contribution in [2.45, 2.75) is 12.2 Å². The van der Waals surface area contributed by atoms with Crippen LogP contribution in [0.3, 0.4) is 0 Å². The lowest BCUT2D eigenvalue weighted by atomic mass is 10.1. The van der Waals surface area contributed by atoms with Crippen LogP contribution in [0.25, 0.3) is 0 Å². The zero-order chi connectivity index (χ0) is 19.8. The molecule has 2 N–H and O–H groups in total. The number of alkyl halides is 3. The Morgan fingerprint density at radius 2 is 2.00 bits per heavy atom. The summed E-state index contributed by atoms with van der Waals surface area (Å²) in [5, 5.41) is 10.5. The number of anilines is 3. The van der Waals surface area contributed by atoms with E-state index in [-0.39, 0.29) is 16.8 Å². The van der Waals surface area contributed by atoms with E-state index >= 15 is 0 Å². The maximum absolute atomic E-state index is 12.9. The molecule has 0 atom stereocenters. The Kier molecular flexibility index (Phi) is 5.25. The van der Waals surface area contributed by atoms with Crippen molar-refractivity contribution >= 4 is 35.1 Å². The fraction of sp³-hybridized carbons (Fsp3) is 0.353. The smallest absolute Gasteiger partial charge is 0.353 e. The molecule has 1 aliphatic heterocycles. The van der Waals surface area contributed by atoms with E-state index in [1.165, 1.54) is 12.1 Å². The van der Waals surface area contributed by atoms with E-state index in [1.807, 2.05) is 19.0 Å². The summed E-state index contributed by atoms with van der Waals surface area (Å²) in [6.45, 7) is 1.42. The van der Waals surface area contributed by atoms with Crippen LogP contribution in [-0.4, -0.2) is 54.3 Å². The van der Waals surface area contributed by atoms with Gasteiger partial charge in [0.1, 0.15) is 11.6 Å². The molecule has 2 aromatic rings. The largest absolute Gasteiger partial charge is 0.416 e. The molecule has 0 spiro atoms. The van der Waals surface area contributed by atoms with Crippen LogP contribution in [0, 0.1) is 5.41 Å². The number of nitrogens with zero attached hydrogens (tertiary/aromatic N) is 4. The van der Waals surface area contributed by atoms with Gasteiger partial charge < -0.3 is 20.5 Å². The van der Waals surface area contributed by atoms with Crippen LogP contribution >= 0.6 is 11.6 Å². The molecule has 0 aliphatic carbocycles. The molecule has 2 heterocycles. The third-order valence-electron chi connectivity index (χ3n) is 4.39. The maximum atomic E-state index is 12.9. The van der Waals surface area contributed by atoms with Gasteiger partial charge in [-0.1, -0.05) is 6.07 Å². The molecular weight excluding hydrogens is 381 g/mol. The number of nitrogens with one attached hydrogen (secondary N) is 2. The molecule has 1 aromatic heterocycles. The molecular formula is C17H18ClF3N6. The first kappa shape index (κ1) is 19.4. The van der Waals surface area contributed by atoms with Crippen molar-refractivity contribution in [1.29, 1.82) is 5.41 Å². The third kappa shape index (κ3) is 4.14. The van der Waals surface area contributed by atoms with Crippen molar-refractivity contribution in [3.05, 3.63) is 40.7 Å². The van der Waals surface area contributed by atoms with Gasteiger partial charge in [0.05, 0.1) is 11.1 Å². The Morgan fingerprint density at radius 1 is 1.30 bits per heavy atom. The Bertz CT molecular complexity index is 849. The number of hydrogen-bond donors (Lipinski definition) is 2. The summed E-state index contributed by atoms with van der Waals surface area (Å²) in [7, 11) is 3.96. The van der Waals surface area contributed by atoms with Crippen molar-refractivity contribution in [2.24, 2.45) is 0 Å². The van der Waals surface area contributed by atoms with Gasteiger partial charge in [-0.15, -0.1) is 0 Å². The fourth-order valence-electron chi connectivity index (χ4n) is 2.77. The highest BCUT2D eigenvalue weighted by Gasteiger charge is 2.32. The SMILES string of the molecule is CN(C)C1CN(c2nc(Cl)nc(Nc3cccc(C(F)(F)F)c3)c2C=N)C1. The van der Waals surface area contributed by atoms with E-state index in [0.29, 0.717) is 30.5 Å². The molecule has 6 nitrogen and oxygen atoms in total. The van der Waals surface area contributed by atoms with Gasteiger partial charge in [-0.2, -0.15) is 23.1 Å². The average molecular weight is 399 g/mol. The number of likely N-dealkylation sites (N-methyl/N-ethyl adjacent to an activating group) is 1. The molecule has 27 heavy (non-hydrogen) atoms. The van der Waals surface area contributed by atoms with Crippen molar-refractivity contribution in [3.8, 4) is 0 Å². The number of halogens is 4. The Balaban J connectivity index is 1.91. The maximum Gasteiger partial charge on any atom is 0.416 e. The summed E-state index contributed by atoms with van der Waals surface area (Å²) < 4.78 is 38.8. The van der Waals surface area contributed by atoms with E-state index < -0.39 is 11.7 Å². The van der Waals surface area contributed by atoms with Crippen molar-refractivity contribution in [3.63, 3.8) is 0 Å². The summed E-state index contributed by atoms with van der Waals surface area (Å²) in [5.41, 5.74) is -0.210. The van der Waals surface area contributed by atoms with Crippen LogP contribution in [-0.2, 0) is 6.18 Å². The number of aromatic nitrogens is 2. The van der Waals surface area contributed by atoms with Crippen molar-refractivity contribution in [1.82, 2.24) is 14.9 Å². The summed E-state index contributed by atoms with van der Waals surface area (Å²) in [6, 6.07) is 5.12. The summed E-state index contributed by atoms with van der Waals surface area (Å²) >= 11 is 6.02. The second kappa shape index (κ2) is 7.32. The van der Waals surface area contributed by atoms with Crippen molar-refractivity contribution < 1.29 is 13.2 Å². The highest BCUT2D eigenvalue weighted by atomic mass is 35.5. The molecule has 0 radical (unpaired) electrons. The average Bonchev–Trinajstić information content (AvgIpc) is 2.52. The normalized spacial score (nSPS) is 15.0. The second-order valence-electron chi connectivity index (χ2n) is 6.45. The van der Waals surface area contributed by atoms with E-state index in [4.69, 9.17) is 17.0 Å². The third-order valence-corrected chi connectivity index (χ3v) is 4.56. The first-order chi connectivity index (χ1) is 12.7. The van der Waals surface area contributed by atoms with Gasteiger partial charge >= 0.3 is 6.18 Å². The van der Waals surface area contributed by atoms with Crippen molar-refractivity contribution in [2.75, 3.05) is 37.4 Å². The number of hydrogen-bond acceptors (Lipinski definition) is 6. The van der Waals surface area contributed by atoms with Gasteiger partial charge in [-0.3, -0.25) is 0 Å². The molecule has 1 aromatic carbocycles. The summed E-state index contributed by atoms with van der Waals surface area (Å²) in [4.78, 5) is 12.3. The van der Waals surface area contributed by atoms with Crippen LogP contribution in [0.15, 0.2) is 24.3 Å². The minimum atomic E-state index is -4.45. The second-order valence-corrected chi connectivity index (χ2v) is 6.79. The molecule has 1 saturated heterocycles. The van der Waals surface area contributed by atoms with Crippen LogP contribution in [0.4, 0.5) is 30.5 Å². The molecule has 10 heteroatoms. The highest BCUT2D eigenvalue weighted by Crippen LogP contribution is 2.33. The number of benzene rings is 1. The topological polar surface area (TPSA) is 68.1 Å². The Hall–Kier alpha value is -2.39. The van der Waals surface area contributed by atoms with E-state index in [1.54, 1.807) is 0 Å². The lowest BCUT2D eigenvalue weighted by molar-refractivity contribution is -0.137. The molecule has 0 bridgehead atoms. The Labute approximate surface area is 159 Å². The molecule has 144 valence electrons. The first-order valence-electron chi connectivity index (χ1n) is 8.12.